The third kappa shape index (κ3) is 6.41. The van der Waals surface area contributed by atoms with Crippen molar-refractivity contribution in [1.82, 2.24) is 0 Å². The minimum atomic E-state index is -0.0352. The number of halogens is 1. The van der Waals surface area contributed by atoms with E-state index in [0.717, 1.165) is 30.7 Å². The maximum absolute atomic E-state index is 6.61. The SMILES string of the molecule is Clc1ccc(C2=C(c3ccc(C4=CC=CC4)cc3)C(c3ccc(C4=CC=CC4)cc3)=C(c3ccc(C4=CC=CC4)cc3)C2c2ccc(C3=CC=CC3)cc2)cc1. The molecule has 0 aromatic heterocycles. The average Bonchev–Trinajstić information content (AvgIpc) is 4.11. The Morgan fingerprint density at radius 2 is 0.607 bits per heavy atom. The molecule has 56 heavy (non-hydrogen) atoms. The summed E-state index contributed by atoms with van der Waals surface area (Å²) < 4.78 is 0. The van der Waals surface area contributed by atoms with Gasteiger partial charge in [0.05, 0.1) is 0 Å². The summed E-state index contributed by atoms with van der Waals surface area (Å²) >= 11 is 6.61. The highest BCUT2D eigenvalue weighted by Crippen LogP contribution is 2.59. The van der Waals surface area contributed by atoms with Gasteiger partial charge in [-0.15, -0.1) is 0 Å². The van der Waals surface area contributed by atoms with Gasteiger partial charge in [-0.1, -0.05) is 194 Å². The first-order valence-electron chi connectivity index (χ1n) is 19.8. The van der Waals surface area contributed by atoms with Crippen LogP contribution < -0.4 is 0 Å². The first kappa shape index (κ1) is 34.3. The van der Waals surface area contributed by atoms with Gasteiger partial charge in [-0.25, -0.2) is 0 Å². The van der Waals surface area contributed by atoms with Gasteiger partial charge in [-0.2, -0.15) is 0 Å². The third-order valence-electron chi connectivity index (χ3n) is 11.9. The van der Waals surface area contributed by atoms with Crippen LogP contribution in [0.25, 0.3) is 44.6 Å². The lowest BCUT2D eigenvalue weighted by molar-refractivity contribution is 1.14. The molecule has 1 unspecified atom stereocenters. The Morgan fingerprint density at radius 3 is 0.929 bits per heavy atom. The van der Waals surface area contributed by atoms with Crippen molar-refractivity contribution in [2.75, 3.05) is 0 Å². The first-order valence-corrected chi connectivity index (χ1v) is 20.2. The Balaban J connectivity index is 1.23. The molecule has 5 aromatic carbocycles. The van der Waals surface area contributed by atoms with Gasteiger partial charge in [0.15, 0.2) is 0 Å². The zero-order valence-corrected chi connectivity index (χ0v) is 32.0. The lowest BCUT2D eigenvalue weighted by atomic mass is 9.80. The van der Waals surface area contributed by atoms with Gasteiger partial charge in [0, 0.05) is 10.9 Å². The van der Waals surface area contributed by atoms with E-state index in [1.54, 1.807) is 0 Å². The Labute approximate surface area is 335 Å². The summed E-state index contributed by atoms with van der Waals surface area (Å²) in [4.78, 5) is 0. The van der Waals surface area contributed by atoms with E-state index in [9.17, 15) is 0 Å². The lowest BCUT2D eigenvalue weighted by Gasteiger charge is -2.23. The molecule has 5 aromatic rings. The summed E-state index contributed by atoms with van der Waals surface area (Å²) in [6.45, 7) is 0. The Morgan fingerprint density at radius 1 is 0.321 bits per heavy atom. The zero-order valence-electron chi connectivity index (χ0n) is 31.3. The molecule has 268 valence electrons. The van der Waals surface area contributed by atoms with Gasteiger partial charge in [-0.05, 0) is 132 Å². The van der Waals surface area contributed by atoms with Crippen LogP contribution in [0.15, 0.2) is 194 Å². The summed E-state index contributed by atoms with van der Waals surface area (Å²) in [7, 11) is 0. The molecule has 0 N–H and O–H groups in total. The molecule has 0 heterocycles. The molecular formula is C55H41Cl. The zero-order chi connectivity index (χ0) is 37.4. The average molecular weight is 737 g/mol. The maximum atomic E-state index is 6.61. The fraction of sp³-hybridized carbons (Fsp3) is 0.0909. The predicted octanol–water partition coefficient (Wildman–Crippen LogP) is 15.0. The van der Waals surface area contributed by atoms with Crippen LogP contribution in [-0.4, -0.2) is 0 Å². The van der Waals surface area contributed by atoms with Gasteiger partial charge >= 0.3 is 0 Å². The van der Waals surface area contributed by atoms with Gasteiger partial charge in [0.1, 0.15) is 0 Å². The van der Waals surface area contributed by atoms with Crippen LogP contribution in [0.2, 0.25) is 5.02 Å². The number of hydrogen-bond donors (Lipinski definition) is 0. The normalized spacial score (nSPS) is 18.3. The van der Waals surface area contributed by atoms with Crippen LogP contribution in [0.3, 0.4) is 0 Å². The molecule has 0 nitrogen and oxygen atoms in total. The van der Waals surface area contributed by atoms with Crippen LogP contribution in [0.1, 0.15) is 81.7 Å². The summed E-state index contributed by atoms with van der Waals surface area (Å²) in [5.41, 5.74) is 21.8. The van der Waals surface area contributed by atoms with E-state index < -0.39 is 0 Å². The summed E-state index contributed by atoms with van der Waals surface area (Å²) in [5.74, 6) is -0.0352. The second kappa shape index (κ2) is 14.8. The molecule has 0 spiro atoms. The minimum Gasteiger partial charge on any atom is -0.0843 e. The predicted molar refractivity (Wildman–Crippen MR) is 241 cm³/mol. The molecule has 0 saturated carbocycles. The smallest absolute Gasteiger partial charge is 0.0406 e. The quantitative estimate of drug-likeness (QED) is 0.141. The van der Waals surface area contributed by atoms with E-state index >= 15 is 0 Å². The van der Waals surface area contributed by atoms with E-state index in [0.29, 0.717) is 0 Å². The maximum Gasteiger partial charge on any atom is 0.0406 e. The van der Waals surface area contributed by atoms with Crippen molar-refractivity contribution in [2.45, 2.75) is 31.6 Å². The monoisotopic (exact) mass is 736 g/mol. The van der Waals surface area contributed by atoms with E-state index in [4.69, 9.17) is 11.6 Å². The molecule has 0 aliphatic heterocycles. The van der Waals surface area contributed by atoms with Crippen molar-refractivity contribution >= 4 is 56.2 Å². The number of hydrogen-bond acceptors (Lipinski definition) is 0. The molecule has 10 rings (SSSR count). The Hall–Kier alpha value is -6.21. The molecule has 0 radical (unpaired) electrons. The highest BCUT2D eigenvalue weighted by molar-refractivity contribution is 6.31. The molecule has 5 aliphatic rings. The van der Waals surface area contributed by atoms with E-state index in [2.05, 4.69) is 182 Å². The summed E-state index contributed by atoms with van der Waals surface area (Å²) in [6, 6.07) is 45.9. The molecule has 1 atom stereocenters. The summed E-state index contributed by atoms with van der Waals surface area (Å²) in [5, 5.41) is 0.738. The van der Waals surface area contributed by atoms with Gasteiger partial charge in [0.25, 0.3) is 0 Å². The molecular weight excluding hydrogens is 696 g/mol. The molecule has 0 fully saturated rings. The lowest BCUT2D eigenvalue weighted by Crippen LogP contribution is -2.04. The van der Waals surface area contributed by atoms with Crippen molar-refractivity contribution in [3.8, 4) is 0 Å². The molecule has 0 bridgehead atoms. The molecule has 0 amide bonds. The second-order valence-electron chi connectivity index (χ2n) is 15.2. The number of benzene rings is 5. The molecule has 1 heteroatoms. The first-order chi connectivity index (χ1) is 27.7. The fourth-order valence-electron chi connectivity index (χ4n) is 8.99. The molecule has 5 aliphatic carbocycles. The van der Waals surface area contributed by atoms with Crippen molar-refractivity contribution < 1.29 is 0 Å². The Kier molecular flexibility index (Phi) is 9.06. The van der Waals surface area contributed by atoms with Crippen molar-refractivity contribution in [3.63, 3.8) is 0 Å². The van der Waals surface area contributed by atoms with Crippen molar-refractivity contribution in [3.05, 3.63) is 249 Å². The third-order valence-corrected chi connectivity index (χ3v) is 12.1. The van der Waals surface area contributed by atoms with Gasteiger partial charge in [0.2, 0.25) is 0 Å². The van der Waals surface area contributed by atoms with Crippen LogP contribution in [-0.2, 0) is 0 Å². The largest absolute Gasteiger partial charge is 0.0843 e. The number of rotatable bonds is 9. The van der Waals surface area contributed by atoms with Crippen LogP contribution in [0.5, 0.6) is 0 Å². The van der Waals surface area contributed by atoms with Crippen molar-refractivity contribution in [2.24, 2.45) is 0 Å². The topological polar surface area (TPSA) is 0 Å². The highest BCUT2D eigenvalue weighted by atomic mass is 35.5. The number of allylic oxidation sites excluding steroid dienone is 20. The fourth-order valence-corrected chi connectivity index (χ4v) is 9.11. The van der Waals surface area contributed by atoms with Crippen molar-refractivity contribution in [1.29, 1.82) is 0 Å². The second-order valence-corrected chi connectivity index (χ2v) is 15.6. The highest BCUT2D eigenvalue weighted by Gasteiger charge is 2.38. The van der Waals surface area contributed by atoms with E-state index in [1.807, 2.05) is 12.1 Å². The standard InChI is InChI=1S/C55H41Cl/c56-50-35-33-49(34-36-50)55-53(47-29-21-43(22-30-47)39-13-5-6-14-39)51(45-25-17-41(18-26-45)37-9-1-2-10-37)52(46-27-19-42(20-28-46)38-11-3-4-12-38)54(55)48-31-23-44(24-32-48)40-15-7-8-16-40/h1-9,11,13,15,17-36,53H,10,12,14,16H2. The van der Waals surface area contributed by atoms with E-state index in [-0.39, 0.29) is 5.92 Å². The summed E-state index contributed by atoms with van der Waals surface area (Å²) in [6.07, 6.45) is 30.5. The van der Waals surface area contributed by atoms with Gasteiger partial charge in [-0.3, -0.25) is 0 Å². The van der Waals surface area contributed by atoms with E-state index in [1.165, 1.54) is 94.7 Å². The minimum absolute atomic E-state index is 0.0352. The van der Waals surface area contributed by atoms with Crippen LogP contribution in [0, 0.1) is 0 Å². The van der Waals surface area contributed by atoms with Crippen LogP contribution >= 0.6 is 11.6 Å². The van der Waals surface area contributed by atoms with Crippen LogP contribution in [0.4, 0.5) is 0 Å². The Bertz CT molecular complexity index is 2660. The molecule has 0 saturated heterocycles. The van der Waals surface area contributed by atoms with Gasteiger partial charge < -0.3 is 0 Å².